The Balaban J connectivity index is 4.42. The highest BCUT2D eigenvalue weighted by molar-refractivity contribution is 5.80. The predicted octanol–water partition coefficient (Wildman–Crippen LogP) is 0.869. The van der Waals surface area contributed by atoms with Crippen LogP contribution < -0.4 is 5.32 Å². The maximum atomic E-state index is 11.7. The van der Waals surface area contributed by atoms with Crippen LogP contribution in [0.5, 0.6) is 0 Å². The normalized spacial score (nSPS) is 15.1. The average molecular weight is 216 g/mol. The number of likely N-dealkylation sites (N-methyl/N-ethyl adjacent to an activating group) is 2. The first kappa shape index (κ1) is 14.4. The van der Waals surface area contributed by atoms with Gasteiger partial charge in [0.05, 0.1) is 7.11 Å². The second-order valence-corrected chi connectivity index (χ2v) is 4.09. The quantitative estimate of drug-likeness (QED) is 0.641. The molecule has 0 bridgehead atoms. The van der Waals surface area contributed by atoms with Gasteiger partial charge in [-0.05, 0) is 33.5 Å². The van der Waals surface area contributed by atoms with Gasteiger partial charge in [0.2, 0.25) is 0 Å². The predicted molar refractivity (Wildman–Crippen MR) is 61.9 cm³/mol. The summed E-state index contributed by atoms with van der Waals surface area (Å²) < 4.78 is 4.82. The van der Waals surface area contributed by atoms with Crippen LogP contribution in [0.25, 0.3) is 0 Å². The second-order valence-electron chi connectivity index (χ2n) is 4.09. The van der Waals surface area contributed by atoms with Crippen molar-refractivity contribution in [3.63, 3.8) is 0 Å². The molecule has 0 aliphatic rings. The molecular formula is C11H24N2O2. The van der Waals surface area contributed by atoms with E-state index < -0.39 is 5.54 Å². The van der Waals surface area contributed by atoms with Crippen LogP contribution in [0, 0.1) is 0 Å². The molecule has 0 radical (unpaired) electrons. The third kappa shape index (κ3) is 4.62. The molecule has 0 aromatic heterocycles. The molecule has 1 N–H and O–H groups in total. The molecule has 0 rings (SSSR count). The number of carbonyl (C=O) groups is 1. The number of hydrogen-bond donors (Lipinski definition) is 1. The fourth-order valence-corrected chi connectivity index (χ4v) is 1.81. The molecular weight excluding hydrogens is 192 g/mol. The van der Waals surface area contributed by atoms with Crippen LogP contribution in [0.1, 0.15) is 27.2 Å². The largest absolute Gasteiger partial charge is 0.468 e. The van der Waals surface area contributed by atoms with Gasteiger partial charge in [0.25, 0.3) is 0 Å². The summed E-state index contributed by atoms with van der Waals surface area (Å²) in [5.74, 6) is -0.202. The number of nitrogens with zero attached hydrogens (tertiary/aromatic N) is 1. The van der Waals surface area contributed by atoms with E-state index in [1.807, 2.05) is 20.9 Å². The summed E-state index contributed by atoms with van der Waals surface area (Å²) in [5, 5.41) is 3.18. The molecule has 0 heterocycles. The van der Waals surface area contributed by atoms with Crippen molar-refractivity contribution in [1.82, 2.24) is 10.2 Å². The zero-order chi connectivity index (χ0) is 11.9. The molecule has 0 aliphatic heterocycles. The maximum absolute atomic E-state index is 11.7. The summed E-state index contributed by atoms with van der Waals surface area (Å²) in [6.07, 6.45) is 1.08. The van der Waals surface area contributed by atoms with Crippen molar-refractivity contribution in [1.29, 1.82) is 0 Å². The molecule has 0 fully saturated rings. The monoisotopic (exact) mass is 216 g/mol. The van der Waals surface area contributed by atoms with Crippen LogP contribution in [0.2, 0.25) is 0 Å². The molecule has 0 saturated carbocycles. The lowest BCUT2D eigenvalue weighted by atomic mass is 10.0. The minimum atomic E-state index is -0.604. The lowest BCUT2D eigenvalue weighted by Crippen LogP contribution is -2.56. The Morgan fingerprint density at radius 1 is 1.47 bits per heavy atom. The highest BCUT2D eigenvalue weighted by Gasteiger charge is 2.34. The Hall–Kier alpha value is -0.610. The first-order valence-corrected chi connectivity index (χ1v) is 5.52. The third-order valence-electron chi connectivity index (χ3n) is 2.39. The van der Waals surface area contributed by atoms with Crippen LogP contribution in [0.4, 0.5) is 0 Å². The Labute approximate surface area is 93.0 Å². The van der Waals surface area contributed by atoms with Crippen LogP contribution >= 0.6 is 0 Å². The molecule has 1 atom stereocenters. The average Bonchev–Trinajstić information content (AvgIpc) is 2.17. The third-order valence-corrected chi connectivity index (χ3v) is 2.39. The van der Waals surface area contributed by atoms with E-state index in [0.717, 1.165) is 19.5 Å². The van der Waals surface area contributed by atoms with Gasteiger partial charge in [-0.2, -0.15) is 0 Å². The number of rotatable bonds is 7. The van der Waals surface area contributed by atoms with Gasteiger partial charge >= 0.3 is 5.97 Å². The minimum absolute atomic E-state index is 0.202. The van der Waals surface area contributed by atoms with Gasteiger partial charge in [0.15, 0.2) is 0 Å². The Bertz CT molecular complexity index is 197. The van der Waals surface area contributed by atoms with Crippen LogP contribution in [0.15, 0.2) is 0 Å². The SMILES string of the molecule is CCCN(C)CC(C)(NCC)C(=O)OC. The number of ether oxygens (including phenoxy) is 1. The number of nitrogens with one attached hydrogen (secondary N) is 1. The molecule has 0 aliphatic carbocycles. The smallest absolute Gasteiger partial charge is 0.327 e. The number of methoxy groups -OCH3 is 1. The number of carbonyl (C=O) groups excluding carboxylic acids is 1. The van der Waals surface area contributed by atoms with Crippen LogP contribution in [0.3, 0.4) is 0 Å². The summed E-state index contributed by atoms with van der Waals surface area (Å²) in [6.45, 7) is 8.40. The Morgan fingerprint density at radius 3 is 2.47 bits per heavy atom. The van der Waals surface area contributed by atoms with E-state index in [9.17, 15) is 4.79 Å². The highest BCUT2D eigenvalue weighted by atomic mass is 16.5. The molecule has 0 aromatic carbocycles. The second kappa shape index (κ2) is 6.80. The number of hydrogen-bond acceptors (Lipinski definition) is 4. The zero-order valence-electron chi connectivity index (χ0n) is 10.6. The molecule has 90 valence electrons. The minimum Gasteiger partial charge on any atom is -0.468 e. The van der Waals surface area contributed by atoms with Gasteiger partial charge in [-0.1, -0.05) is 13.8 Å². The Kier molecular flexibility index (Phi) is 6.52. The summed E-state index contributed by atoms with van der Waals surface area (Å²) >= 11 is 0. The van der Waals surface area contributed by atoms with Crippen molar-refractivity contribution in [2.24, 2.45) is 0 Å². The Morgan fingerprint density at radius 2 is 2.07 bits per heavy atom. The molecule has 0 aromatic rings. The molecule has 4 heteroatoms. The van der Waals surface area contributed by atoms with Crippen molar-refractivity contribution < 1.29 is 9.53 Å². The van der Waals surface area contributed by atoms with E-state index in [1.165, 1.54) is 7.11 Å². The van der Waals surface area contributed by atoms with E-state index in [4.69, 9.17) is 4.74 Å². The summed E-state index contributed by atoms with van der Waals surface area (Å²) in [5.41, 5.74) is -0.604. The van der Waals surface area contributed by atoms with Gasteiger partial charge in [-0.25, -0.2) is 0 Å². The van der Waals surface area contributed by atoms with Crippen molar-refractivity contribution in [3.05, 3.63) is 0 Å². The van der Waals surface area contributed by atoms with E-state index in [1.54, 1.807) is 0 Å². The summed E-state index contributed by atoms with van der Waals surface area (Å²) in [6, 6.07) is 0. The topological polar surface area (TPSA) is 41.6 Å². The van der Waals surface area contributed by atoms with Gasteiger partial charge in [-0.3, -0.25) is 4.79 Å². The maximum Gasteiger partial charge on any atom is 0.327 e. The van der Waals surface area contributed by atoms with Crippen molar-refractivity contribution in [2.75, 3.05) is 33.8 Å². The fourth-order valence-electron chi connectivity index (χ4n) is 1.81. The van der Waals surface area contributed by atoms with Gasteiger partial charge < -0.3 is 15.0 Å². The van der Waals surface area contributed by atoms with Crippen molar-refractivity contribution >= 4 is 5.97 Å². The van der Waals surface area contributed by atoms with E-state index >= 15 is 0 Å². The zero-order valence-corrected chi connectivity index (χ0v) is 10.6. The van der Waals surface area contributed by atoms with E-state index in [0.29, 0.717) is 6.54 Å². The molecule has 0 spiro atoms. The first-order valence-electron chi connectivity index (χ1n) is 5.52. The highest BCUT2D eigenvalue weighted by Crippen LogP contribution is 2.08. The van der Waals surface area contributed by atoms with Gasteiger partial charge in [0, 0.05) is 6.54 Å². The lowest BCUT2D eigenvalue weighted by Gasteiger charge is -2.31. The van der Waals surface area contributed by atoms with Crippen molar-refractivity contribution in [2.45, 2.75) is 32.7 Å². The number of esters is 1. The van der Waals surface area contributed by atoms with Gasteiger partial charge in [0.1, 0.15) is 5.54 Å². The lowest BCUT2D eigenvalue weighted by molar-refractivity contribution is -0.148. The summed E-state index contributed by atoms with van der Waals surface area (Å²) in [4.78, 5) is 13.8. The van der Waals surface area contributed by atoms with E-state index in [-0.39, 0.29) is 5.97 Å². The standard InChI is InChI=1S/C11H24N2O2/c1-6-8-13(4)9-11(3,12-7-2)10(14)15-5/h12H,6-9H2,1-5H3. The molecule has 15 heavy (non-hydrogen) atoms. The molecule has 1 unspecified atom stereocenters. The van der Waals surface area contributed by atoms with Gasteiger partial charge in [-0.15, -0.1) is 0 Å². The van der Waals surface area contributed by atoms with Crippen LogP contribution in [-0.2, 0) is 9.53 Å². The fraction of sp³-hybridized carbons (Fsp3) is 0.909. The van der Waals surface area contributed by atoms with Crippen molar-refractivity contribution in [3.8, 4) is 0 Å². The summed E-state index contributed by atoms with van der Waals surface area (Å²) in [7, 11) is 3.44. The first-order chi connectivity index (χ1) is 7.00. The molecule has 0 amide bonds. The molecule has 0 saturated heterocycles. The van der Waals surface area contributed by atoms with Crippen LogP contribution in [-0.4, -0.2) is 50.2 Å². The van der Waals surface area contributed by atoms with E-state index in [2.05, 4.69) is 17.1 Å². The molecule has 4 nitrogen and oxygen atoms in total.